The van der Waals surface area contributed by atoms with Gasteiger partial charge in [0.15, 0.2) is 0 Å². The van der Waals surface area contributed by atoms with Crippen LogP contribution in [-0.2, 0) is 0 Å². The summed E-state index contributed by atoms with van der Waals surface area (Å²) >= 11 is 0. The van der Waals surface area contributed by atoms with E-state index in [2.05, 4.69) is 35.8 Å². The molecule has 3 N–H and O–H groups in total. The smallest absolute Gasteiger partial charge is 0.0682 e. The fourth-order valence-corrected chi connectivity index (χ4v) is 3.33. The molecule has 1 fully saturated rings. The van der Waals surface area contributed by atoms with Gasteiger partial charge < -0.3 is 15.7 Å². The maximum absolute atomic E-state index is 10.1. The number of hydrogen-bond donors (Lipinski definition) is 2. The molecule has 1 aliphatic rings. The Morgan fingerprint density at radius 3 is 2.67 bits per heavy atom. The molecule has 4 atom stereocenters. The molecule has 2 rings (SSSR count). The van der Waals surface area contributed by atoms with Crippen LogP contribution in [0.1, 0.15) is 31.4 Å². The van der Waals surface area contributed by atoms with Gasteiger partial charge in [-0.2, -0.15) is 0 Å². The van der Waals surface area contributed by atoms with Gasteiger partial charge in [-0.1, -0.05) is 6.92 Å². The number of likely N-dealkylation sites (N-methyl/N-ethyl adjacent to an activating group) is 1. The molecular weight excluding hydrogens is 264 g/mol. The largest absolute Gasteiger partial charge is 0.392 e. The van der Waals surface area contributed by atoms with Crippen molar-refractivity contribution in [3.05, 3.63) is 30.1 Å². The molecule has 0 aromatic carbocycles. The topological polar surface area (TPSA) is 65.6 Å². The van der Waals surface area contributed by atoms with Gasteiger partial charge in [0.1, 0.15) is 0 Å². The number of hydrogen-bond acceptors (Lipinski definition) is 5. The van der Waals surface area contributed by atoms with Crippen molar-refractivity contribution in [2.45, 2.75) is 44.0 Å². The van der Waals surface area contributed by atoms with Crippen LogP contribution in [0.25, 0.3) is 0 Å². The van der Waals surface area contributed by atoms with E-state index in [9.17, 15) is 5.11 Å². The van der Waals surface area contributed by atoms with Crippen LogP contribution in [-0.4, -0.2) is 65.3 Å². The predicted molar refractivity (Wildman–Crippen MR) is 84.9 cm³/mol. The Balaban J connectivity index is 2.26. The Morgan fingerprint density at radius 1 is 1.43 bits per heavy atom. The number of aliphatic hydroxyl groups excluding tert-OH is 1. The molecule has 1 aliphatic heterocycles. The van der Waals surface area contributed by atoms with Gasteiger partial charge in [0.2, 0.25) is 0 Å². The Labute approximate surface area is 127 Å². The summed E-state index contributed by atoms with van der Waals surface area (Å²) in [5.74, 6) is 0. The second-order valence-corrected chi connectivity index (χ2v) is 6.30. The van der Waals surface area contributed by atoms with Crippen molar-refractivity contribution in [2.24, 2.45) is 5.73 Å². The molecule has 0 radical (unpaired) electrons. The monoisotopic (exact) mass is 292 g/mol. The summed E-state index contributed by atoms with van der Waals surface area (Å²) in [4.78, 5) is 8.67. The van der Waals surface area contributed by atoms with Gasteiger partial charge in [-0.05, 0) is 44.6 Å². The number of nitrogens with zero attached hydrogens (tertiary/aromatic N) is 3. The number of β-amino-alcohol motifs (C(OH)–C–C–N with tert-alkyl or cyclic N) is 1. The van der Waals surface area contributed by atoms with Crippen LogP contribution in [0.5, 0.6) is 0 Å². The van der Waals surface area contributed by atoms with E-state index in [1.54, 1.807) is 0 Å². The third-order valence-electron chi connectivity index (χ3n) is 4.29. The molecule has 1 aromatic heterocycles. The molecule has 0 spiro atoms. The zero-order valence-electron chi connectivity index (χ0n) is 13.3. The highest BCUT2D eigenvalue weighted by Gasteiger charge is 2.38. The molecule has 2 heterocycles. The third-order valence-corrected chi connectivity index (χ3v) is 4.29. The van der Waals surface area contributed by atoms with Gasteiger partial charge in [-0.25, -0.2) is 0 Å². The van der Waals surface area contributed by atoms with Gasteiger partial charge in [0, 0.05) is 37.6 Å². The minimum absolute atomic E-state index is 0.0577. The number of aliphatic hydroxyl groups is 1. The SMILES string of the molecule is CCC(N)C(c1ccncc1)N1CC(O)CC1CN(C)C. The van der Waals surface area contributed by atoms with Crippen LogP contribution >= 0.6 is 0 Å². The standard InChI is InChI=1S/C16H28N4O/c1-4-15(17)16(12-5-7-18-8-6-12)20-11-14(21)9-13(20)10-19(2)3/h5-8,13-16,21H,4,9-11,17H2,1-3H3. The average Bonchev–Trinajstić information content (AvgIpc) is 2.80. The van der Waals surface area contributed by atoms with Crippen LogP contribution in [0.2, 0.25) is 0 Å². The van der Waals surface area contributed by atoms with E-state index in [1.807, 2.05) is 24.5 Å². The van der Waals surface area contributed by atoms with Crippen molar-refractivity contribution in [2.75, 3.05) is 27.2 Å². The highest BCUT2D eigenvalue weighted by atomic mass is 16.3. The molecule has 5 nitrogen and oxygen atoms in total. The van der Waals surface area contributed by atoms with Crippen LogP contribution < -0.4 is 5.73 Å². The molecule has 0 aliphatic carbocycles. The summed E-state index contributed by atoms with van der Waals surface area (Å²) < 4.78 is 0. The molecule has 21 heavy (non-hydrogen) atoms. The predicted octanol–water partition coefficient (Wildman–Crippen LogP) is 0.857. The molecule has 118 valence electrons. The normalized spacial score (nSPS) is 26.2. The lowest BCUT2D eigenvalue weighted by Gasteiger charge is -2.37. The molecule has 0 saturated carbocycles. The Hall–Kier alpha value is -1.01. The first-order chi connectivity index (χ1) is 10.0. The highest BCUT2D eigenvalue weighted by molar-refractivity contribution is 5.18. The van der Waals surface area contributed by atoms with Crippen LogP contribution in [0, 0.1) is 0 Å². The van der Waals surface area contributed by atoms with Gasteiger partial charge in [0.25, 0.3) is 0 Å². The summed E-state index contributed by atoms with van der Waals surface area (Å²) in [5, 5.41) is 10.1. The maximum Gasteiger partial charge on any atom is 0.0682 e. The lowest BCUT2D eigenvalue weighted by Crippen LogP contribution is -2.46. The number of likely N-dealkylation sites (tertiary alicyclic amines) is 1. The molecule has 0 amide bonds. The quantitative estimate of drug-likeness (QED) is 0.814. The van der Waals surface area contributed by atoms with Crippen molar-refractivity contribution in [1.29, 1.82) is 0 Å². The van der Waals surface area contributed by atoms with Gasteiger partial charge in [0.05, 0.1) is 12.1 Å². The van der Waals surface area contributed by atoms with Gasteiger partial charge in [-0.3, -0.25) is 9.88 Å². The zero-order valence-corrected chi connectivity index (χ0v) is 13.3. The number of aromatic nitrogens is 1. The number of pyridine rings is 1. The van der Waals surface area contributed by atoms with Gasteiger partial charge >= 0.3 is 0 Å². The summed E-state index contributed by atoms with van der Waals surface area (Å²) in [6.07, 6.45) is 5.10. The first-order valence-corrected chi connectivity index (χ1v) is 7.77. The van der Waals surface area contributed by atoms with Crippen molar-refractivity contribution < 1.29 is 5.11 Å². The van der Waals surface area contributed by atoms with E-state index in [4.69, 9.17) is 5.73 Å². The first kappa shape index (κ1) is 16.4. The number of nitrogens with two attached hydrogens (primary N) is 1. The Morgan fingerprint density at radius 2 is 2.10 bits per heavy atom. The van der Waals surface area contributed by atoms with Crippen molar-refractivity contribution in [3.63, 3.8) is 0 Å². The van der Waals surface area contributed by atoms with Crippen molar-refractivity contribution >= 4 is 0 Å². The van der Waals surface area contributed by atoms with E-state index in [0.29, 0.717) is 12.6 Å². The molecular formula is C16H28N4O. The highest BCUT2D eigenvalue weighted by Crippen LogP contribution is 2.32. The van der Waals surface area contributed by atoms with E-state index in [1.165, 1.54) is 5.56 Å². The molecule has 1 aromatic rings. The van der Waals surface area contributed by atoms with Crippen LogP contribution in [0.3, 0.4) is 0 Å². The fraction of sp³-hybridized carbons (Fsp3) is 0.688. The minimum atomic E-state index is -0.261. The molecule has 1 saturated heterocycles. The van der Waals surface area contributed by atoms with Crippen LogP contribution in [0.4, 0.5) is 0 Å². The summed E-state index contributed by atoms with van der Waals surface area (Å²) in [6, 6.07) is 4.61. The van der Waals surface area contributed by atoms with Gasteiger partial charge in [-0.15, -0.1) is 0 Å². The lowest BCUT2D eigenvalue weighted by atomic mass is 9.96. The van der Waals surface area contributed by atoms with E-state index >= 15 is 0 Å². The van der Waals surface area contributed by atoms with Crippen LogP contribution in [0.15, 0.2) is 24.5 Å². The molecule has 0 bridgehead atoms. The number of rotatable bonds is 6. The van der Waals surface area contributed by atoms with Crippen molar-refractivity contribution in [1.82, 2.24) is 14.8 Å². The van der Waals surface area contributed by atoms with Crippen molar-refractivity contribution in [3.8, 4) is 0 Å². The zero-order chi connectivity index (χ0) is 15.4. The fourth-order valence-electron chi connectivity index (χ4n) is 3.33. The summed E-state index contributed by atoms with van der Waals surface area (Å²) in [5.41, 5.74) is 7.60. The third kappa shape index (κ3) is 4.01. The second-order valence-electron chi connectivity index (χ2n) is 6.30. The summed E-state index contributed by atoms with van der Waals surface area (Å²) in [6.45, 7) is 3.75. The lowest BCUT2D eigenvalue weighted by molar-refractivity contribution is 0.119. The molecule has 4 unspecified atom stereocenters. The average molecular weight is 292 g/mol. The second kappa shape index (κ2) is 7.31. The maximum atomic E-state index is 10.1. The Kier molecular flexibility index (Phi) is 5.70. The molecule has 5 heteroatoms. The Bertz CT molecular complexity index is 426. The minimum Gasteiger partial charge on any atom is -0.392 e. The van der Waals surface area contributed by atoms with E-state index in [-0.39, 0.29) is 18.2 Å². The first-order valence-electron chi connectivity index (χ1n) is 7.77. The van der Waals surface area contributed by atoms with E-state index in [0.717, 1.165) is 19.4 Å². The summed E-state index contributed by atoms with van der Waals surface area (Å²) in [7, 11) is 4.15. The van der Waals surface area contributed by atoms with E-state index < -0.39 is 0 Å².